The van der Waals surface area contributed by atoms with Crippen molar-refractivity contribution in [2.24, 2.45) is 0 Å². The standard InChI is InChI=1S/C19H12ClF6NO4/c20-8-5-9(21)7(13-14(22)16(24)18(26)17(25)15(13)23)4-11(8)31-6-12(28)27-3-1-2-10(27)19(29)30/h4-5,10H,1-3,6H2,(H,29,30)/t10-/m0/s1. The van der Waals surface area contributed by atoms with Crippen LogP contribution in [0.4, 0.5) is 26.3 Å². The molecule has 1 aliphatic heterocycles. The maximum atomic E-state index is 14.3. The first-order chi connectivity index (χ1) is 14.5. The van der Waals surface area contributed by atoms with Crippen molar-refractivity contribution in [2.45, 2.75) is 18.9 Å². The van der Waals surface area contributed by atoms with Crippen LogP contribution in [-0.4, -0.2) is 41.1 Å². The van der Waals surface area contributed by atoms with Crippen molar-refractivity contribution < 1.29 is 45.8 Å². The fraction of sp³-hybridized carbons (Fsp3) is 0.263. The lowest BCUT2D eigenvalue weighted by molar-refractivity contribution is -0.148. The third kappa shape index (κ3) is 4.14. The van der Waals surface area contributed by atoms with Crippen LogP contribution in [0.15, 0.2) is 12.1 Å². The lowest BCUT2D eigenvalue weighted by Crippen LogP contribution is -2.42. The molecule has 0 saturated carbocycles. The molecule has 12 heteroatoms. The molecule has 2 aromatic rings. The second kappa shape index (κ2) is 8.66. The minimum atomic E-state index is -2.41. The first-order valence-electron chi connectivity index (χ1n) is 8.70. The summed E-state index contributed by atoms with van der Waals surface area (Å²) in [5, 5.41) is 8.66. The van der Waals surface area contributed by atoms with Gasteiger partial charge in [0, 0.05) is 12.1 Å². The average Bonchev–Trinajstić information content (AvgIpc) is 3.22. The molecule has 0 aromatic heterocycles. The van der Waals surface area contributed by atoms with Crippen LogP contribution in [0, 0.1) is 34.9 Å². The molecule has 1 heterocycles. The van der Waals surface area contributed by atoms with Gasteiger partial charge >= 0.3 is 5.97 Å². The zero-order valence-electron chi connectivity index (χ0n) is 15.3. The summed E-state index contributed by atoms with van der Waals surface area (Å²) in [7, 11) is 0. The molecule has 1 saturated heterocycles. The number of hydrogen-bond donors (Lipinski definition) is 1. The number of likely N-dealkylation sites (tertiary alicyclic amines) is 1. The van der Waals surface area contributed by atoms with Gasteiger partial charge in [-0.25, -0.2) is 31.1 Å². The number of benzene rings is 2. The van der Waals surface area contributed by atoms with E-state index in [-0.39, 0.29) is 13.0 Å². The van der Waals surface area contributed by atoms with Crippen molar-refractivity contribution in [3.8, 4) is 16.9 Å². The van der Waals surface area contributed by atoms with E-state index in [2.05, 4.69) is 0 Å². The number of carbonyl (C=O) groups excluding carboxylic acids is 1. The van der Waals surface area contributed by atoms with Crippen molar-refractivity contribution in [3.05, 3.63) is 52.1 Å². The summed E-state index contributed by atoms with van der Waals surface area (Å²) in [6.07, 6.45) is 0.688. The molecular formula is C19H12ClF6NO4. The molecule has 166 valence electrons. The molecule has 5 nitrogen and oxygen atoms in total. The van der Waals surface area contributed by atoms with Gasteiger partial charge in [0.2, 0.25) is 5.82 Å². The molecule has 1 fully saturated rings. The van der Waals surface area contributed by atoms with Gasteiger partial charge in [0.1, 0.15) is 17.6 Å². The van der Waals surface area contributed by atoms with Crippen molar-refractivity contribution in [3.63, 3.8) is 0 Å². The van der Waals surface area contributed by atoms with Gasteiger partial charge in [-0.2, -0.15) is 0 Å². The predicted octanol–water partition coefficient (Wildman–Crippen LogP) is 4.30. The Labute approximate surface area is 175 Å². The first-order valence-corrected chi connectivity index (χ1v) is 9.08. The number of aliphatic carboxylic acids is 1. The van der Waals surface area contributed by atoms with Crippen molar-refractivity contribution in [2.75, 3.05) is 13.2 Å². The smallest absolute Gasteiger partial charge is 0.326 e. The van der Waals surface area contributed by atoms with Gasteiger partial charge in [-0.15, -0.1) is 0 Å². The van der Waals surface area contributed by atoms with Gasteiger partial charge < -0.3 is 14.7 Å². The third-order valence-corrected chi connectivity index (χ3v) is 5.01. The predicted molar refractivity (Wildman–Crippen MR) is 94.5 cm³/mol. The van der Waals surface area contributed by atoms with Crippen LogP contribution in [0.25, 0.3) is 11.1 Å². The molecular weight excluding hydrogens is 456 g/mol. The zero-order valence-corrected chi connectivity index (χ0v) is 16.1. The van der Waals surface area contributed by atoms with Crippen LogP contribution in [-0.2, 0) is 9.59 Å². The molecule has 3 rings (SSSR count). The van der Waals surface area contributed by atoms with E-state index in [1.807, 2.05) is 0 Å². The van der Waals surface area contributed by atoms with Crippen LogP contribution in [0.1, 0.15) is 12.8 Å². The molecule has 0 unspecified atom stereocenters. The Bertz CT molecular complexity index is 1050. The van der Waals surface area contributed by atoms with Crippen molar-refractivity contribution in [1.82, 2.24) is 4.90 Å². The number of carboxylic acid groups (broad SMARTS) is 1. The molecule has 1 N–H and O–H groups in total. The fourth-order valence-electron chi connectivity index (χ4n) is 3.22. The monoisotopic (exact) mass is 467 g/mol. The number of amides is 1. The summed E-state index contributed by atoms with van der Waals surface area (Å²) < 4.78 is 87.8. The number of hydrogen-bond acceptors (Lipinski definition) is 3. The number of carbonyl (C=O) groups is 2. The van der Waals surface area contributed by atoms with Crippen molar-refractivity contribution >= 4 is 23.5 Å². The van der Waals surface area contributed by atoms with E-state index in [4.69, 9.17) is 21.4 Å². The Morgan fingerprint density at radius 1 is 1.03 bits per heavy atom. The number of rotatable bonds is 5. The van der Waals surface area contributed by atoms with E-state index in [0.717, 1.165) is 4.90 Å². The number of nitrogens with zero attached hydrogens (tertiary/aromatic N) is 1. The number of ether oxygens (including phenoxy) is 1. The summed E-state index contributed by atoms with van der Waals surface area (Å²) >= 11 is 5.80. The Hall–Kier alpha value is -2.95. The van der Waals surface area contributed by atoms with Crippen LogP contribution >= 0.6 is 11.6 Å². The molecule has 2 aromatic carbocycles. The molecule has 1 amide bonds. The van der Waals surface area contributed by atoms with Crippen molar-refractivity contribution in [1.29, 1.82) is 0 Å². The van der Waals surface area contributed by atoms with E-state index in [1.54, 1.807) is 0 Å². The molecule has 31 heavy (non-hydrogen) atoms. The number of halogens is 7. The van der Waals surface area contributed by atoms with E-state index >= 15 is 0 Å². The second-order valence-corrected chi connectivity index (χ2v) is 6.99. The fourth-order valence-corrected chi connectivity index (χ4v) is 3.42. The molecule has 1 aliphatic rings. The summed E-state index contributed by atoms with van der Waals surface area (Å²) in [6, 6.07) is 0.0516. The number of carboxylic acids is 1. The zero-order chi connectivity index (χ0) is 23.0. The normalized spacial score (nSPS) is 16.0. The lowest BCUT2D eigenvalue weighted by atomic mass is 10.0. The summed E-state index contributed by atoms with van der Waals surface area (Å²) in [6.45, 7) is -0.599. The maximum absolute atomic E-state index is 14.3. The average molecular weight is 468 g/mol. The Morgan fingerprint density at radius 3 is 2.19 bits per heavy atom. The Balaban J connectivity index is 1.93. The summed E-state index contributed by atoms with van der Waals surface area (Å²) in [4.78, 5) is 24.5. The van der Waals surface area contributed by atoms with Gasteiger partial charge in [0.25, 0.3) is 5.91 Å². The van der Waals surface area contributed by atoms with E-state index in [1.165, 1.54) is 0 Å². The SMILES string of the molecule is O=C(O)[C@@H]1CCCN1C(=O)COc1cc(-c2c(F)c(F)c(F)c(F)c2F)c(F)cc1Cl. The maximum Gasteiger partial charge on any atom is 0.326 e. The van der Waals surface area contributed by atoms with Gasteiger partial charge in [0.15, 0.2) is 29.9 Å². The summed E-state index contributed by atoms with van der Waals surface area (Å²) in [5.41, 5.74) is -2.57. The third-order valence-electron chi connectivity index (χ3n) is 4.71. The largest absolute Gasteiger partial charge is 0.482 e. The highest BCUT2D eigenvalue weighted by molar-refractivity contribution is 6.32. The van der Waals surface area contributed by atoms with Crippen LogP contribution in [0.2, 0.25) is 5.02 Å². The molecule has 1 atom stereocenters. The van der Waals surface area contributed by atoms with Crippen LogP contribution in [0.5, 0.6) is 5.75 Å². The van der Waals surface area contributed by atoms with Gasteiger partial charge in [0.05, 0.1) is 10.6 Å². The lowest BCUT2D eigenvalue weighted by Gasteiger charge is -2.21. The quantitative estimate of drug-likeness (QED) is 0.405. The van der Waals surface area contributed by atoms with Crippen LogP contribution in [0.3, 0.4) is 0 Å². The molecule has 0 bridgehead atoms. The topological polar surface area (TPSA) is 66.8 Å². The van der Waals surface area contributed by atoms with E-state index in [9.17, 15) is 35.9 Å². The van der Waals surface area contributed by atoms with E-state index < -0.39 is 81.3 Å². The van der Waals surface area contributed by atoms with E-state index in [0.29, 0.717) is 18.6 Å². The molecule has 0 spiro atoms. The highest BCUT2D eigenvalue weighted by Crippen LogP contribution is 2.38. The highest BCUT2D eigenvalue weighted by atomic mass is 35.5. The van der Waals surface area contributed by atoms with Crippen LogP contribution < -0.4 is 4.74 Å². The minimum Gasteiger partial charge on any atom is -0.482 e. The second-order valence-electron chi connectivity index (χ2n) is 6.58. The Kier molecular flexibility index (Phi) is 6.35. The van der Waals surface area contributed by atoms with Gasteiger partial charge in [-0.05, 0) is 25.0 Å². The Morgan fingerprint density at radius 2 is 1.61 bits per heavy atom. The minimum absolute atomic E-state index is 0.159. The molecule has 0 radical (unpaired) electrons. The first kappa shape index (κ1) is 22.7. The highest BCUT2D eigenvalue weighted by Gasteiger charge is 2.34. The van der Waals surface area contributed by atoms with Gasteiger partial charge in [-0.3, -0.25) is 4.79 Å². The van der Waals surface area contributed by atoms with Gasteiger partial charge in [-0.1, -0.05) is 11.6 Å². The summed E-state index contributed by atoms with van der Waals surface area (Å²) in [5.74, 6) is -15.3. The molecule has 0 aliphatic carbocycles.